The second-order valence-electron chi connectivity index (χ2n) is 5.14. The molecule has 0 saturated heterocycles. The molecule has 3 heteroatoms. The molecule has 0 bridgehead atoms. The van der Waals surface area contributed by atoms with Crippen molar-refractivity contribution in [2.75, 3.05) is 0 Å². The van der Waals surface area contributed by atoms with Crippen molar-refractivity contribution in [1.82, 2.24) is 5.32 Å². The molecule has 1 aromatic carbocycles. The summed E-state index contributed by atoms with van der Waals surface area (Å²) in [6.07, 6.45) is 3.92. The molecule has 1 N–H and O–H groups in total. The van der Waals surface area contributed by atoms with Gasteiger partial charge in [-0.1, -0.05) is 34.1 Å². The van der Waals surface area contributed by atoms with Crippen LogP contribution in [0.5, 0.6) is 0 Å². The van der Waals surface area contributed by atoms with E-state index in [1.54, 1.807) is 10.4 Å². The lowest BCUT2D eigenvalue weighted by Gasteiger charge is -2.15. The first kappa shape index (κ1) is 13.3. The average Bonchev–Trinajstić information content (AvgIpc) is 2.97. The summed E-state index contributed by atoms with van der Waals surface area (Å²) < 4.78 is 1.18. The Morgan fingerprint density at radius 2 is 2.16 bits per heavy atom. The summed E-state index contributed by atoms with van der Waals surface area (Å²) in [7, 11) is 0. The molecule has 0 saturated carbocycles. The molecule has 1 nitrogen and oxygen atoms in total. The predicted molar refractivity (Wildman–Crippen MR) is 85.7 cm³/mol. The average molecular weight is 336 g/mol. The van der Waals surface area contributed by atoms with E-state index in [2.05, 4.69) is 58.5 Å². The lowest BCUT2D eigenvalue weighted by atomic mass is 10.1. The van der Waals surface area contributed by atoms with E-state index in [0.717, 1.165) is 6.54 Å². The van der Waals surface area contributed by atoms with E-state index in [1.807, 2.05) is 11.3 Å². The van der Waals surface area contributed by atoms with Crippen molar-refractivity contribution in [3.63, 3.8) is 0 Å². The molecule has 0 fully saturated rings. The van der Waals surface area contributed by atoms with Gasteiger partial charge in [0.05, 0.1) is 0 Å². The number of nitrogens with one attached hydrogen (secondary N) is 1. The number of hydrogen-bond donors (Lipinski definition) is 1. The third kappa shape index (κ3) is 2.93. The molecule has 19 heavy (non-hydrogen) atoms. The highest BCUT2D eigenvalue weighted by Crippen LogP contribution is 2.31. The number of hydrogen-bond acceptors (Lipinski definition) is 2. The summed E-state index contributed by atoms with van der Waals surface area (Å²) in [5, 5.41) is 3.63. The Bertz CT molecular complexity index is 554. The van der Waals surface area contributed by atoms with Crippen LogP contribution in [0.15, 0.2) is 34.8 Å². The van der Waals surface area contributed by atoms with Gasteiger partial charge in [0.15, 0.2) is 0 Å². The number of rotatable bonds is 4. The molecule has 1 aromatic heterocycles. The highest BCUT2D eigenvalue weighted by atomic mass is 79.9. The number of aryl methyl sites for hydroxylation is 2. The van der Waals surface area contributed by atoms with E-state index >= 15 is 0 Å². The normalized spacial score (nSPS) is 15.5. The molecule has 1 atom stereocenters. The van der Waals surface area contributed by atoms with Gasteiger partial charge in [-0.05, 0) is 49.4 Å². The van der Waals surface area contributed by atoms with Gasteiger partial charge in [-0.2, -0.15) is 0 Å². The zero-order valence-corrected chi connectivity index (χ0v) is 13.5. The summed E-state index contributed by atoms with van der Waals surface area (Å²) >= 11 is 5.61. The molecular weight excluding hydrogens is 318 g/mol. The number of benzene rings is 1. The van der Waals surface area contributed by atoms with Crippen molar-refractivity contribution in [2.45, 2.75) is 38.8 Å². The minimum atomic E-state index is 0.368. The summed E-state index contributed by atoms with van der Waals surface area (Å²) in [4.78, 5) is 3.09. The summed E-state index contributed by atoms with van der Waals surface area (Å²) in [5.41, 5.74) is 2.92. The molecule has 1 heterocycles. The Morgan fingerprint density at radius 1 is 1.32 bits per heavy atom. The van der Waals surface area contributed by atoms with Crippen LogP contribution in [0.2, 0.25) is 0 Å². The molecule has 1 aliphatic rings. The van der Waals surface area contributed by atoms with Crippen LogP contribution in [0.25, 0.3) is 0 Å². The van der Waals surface area contributed by atoms with Gasteiger partial charge >= 0.3 is 0 Å². The molecule has 1 aliphatic carbocycles. The lowest BCUT2D eigenvalue weighted by molar-refractivity contribution is 0.577. The topological polar surface area (TPSA) is 12.0 Å². The highest BCUT2D eigenvalue weighted by molar-refractivity contribution is 9.10. The van der Waals surface area contributed by atoms with E-state index in [9.17, 15) is 0 Å². The van der Waals surface area contributed by atoms with Gasteiger partial charge in [0.25, 0.3) is 0 Å². The fourth-order valence-electron chi connectivity index (χ4n) is 2.67. The highest BCUT2D eigenvalue weighted by Gasteiger charge is 2.15. The Morgan fingerprint density at radius 3 is 2.95 bits per heavy atom. The molecule has 100 valence electrons. The van der Waals surface area contributed by atoms with Crippen molar-refractivity contribution >= 4 is 27.3 Å². The fourth-order valence-corrected chi connectivity index (χ4v) is 4.51. The maximum Gasteiger partial charge on any atom is 0.0306 e. The fraction of sp³-hybridized carbons (Fsp3) is 0.375. The maximum absolute atomic E-state index is 3.63. The number of thiophene rings is 1. The second-order valence-corrected chi connectivity index (χ2v) is 7.21. The number of halogens is 1. The van der Waals surface area contributed by atoms with Gasteiger partial charge in [-0.3, -0.25) is 0 Å². The molecule has 0 spiro atoms. The standard InChI is InChI=1S/C16H18BrNS/c1-11(14-6-2-3-7-15(14)17)18-10-13-9-12-5-4-8-16(12)19-13/h2-3,6-7,9,11,18H,4-5,8,10H2,1H3. The van der Waals surface area contributed by atoms with Crippen LogP contribution < -0.4 is 5.32 Å². The van der Waals surface area contributed by atoms with E-state index in [4.69, 9.17) is 0 Å². The van der Waals surface area contributed by atoms with Crippen LogP contribution in [-0.2, 0) is 19.4 Å². The summed E-state index contributed by atoms with van der Waals surface area (Å²) in [5.74, 6) is 0. The van der Waals surface area contributed by atoms with Crippen molar-refractivity contribution in [2.24, 2.45) is 0 Å². The van der Waals surface area contributed by atoms with Gasteiger partial charge in [0.2, 0.25) is 0 Å². The quantitative estimate of drug-likeness (QED) is 0.842. The largest absolute Gasteiger partial charge is 0.305 e. The zero-order valence-electron chi connectivity index (χ0n) is 11.1. The molecule has 1 unspecified atom stereocenters. The smallest absolute Gasteiger partial charge is 0.0306 e. The first-order valence-corrected chi connectivity index (χ1v) is 8.43. The van der Waals surface area contributed by atoms with Crippen LogP contribution in [0.4, 0.5) is 0 Å². The van der Waals surface area contributed by atoms with Crippen LogP contribution in [0.3, 0.4) is 0 Å². The third-order valence-corrected chi connectivity index (χ3v) is 5.71. The van der Waals surface area contributed by atoms with E-state index in [-0.39, 0.29) is 0 Å². The molecule has 2 aromatic rings. The van der Waals surface area contributed by atoms with Gasteiger partial charge < -0.3 is 5.32 Å². The third-order valence-electron chi connectivity index (χ3n) is 3.75. The SMILES string of the molecule is CC(NCc1cc2c(s1)CCC2)c1ccccc1Br. The Balaban J connectivity index is 1.64. The van der Waals surface area contributed by atoms with Crippen molar-refractivity contribution < 1.29 is 0 Å². The predicted octanol–water partition coefficient (Wildman–Crippen LogP) is 4.85. The molecule has 3 rings (SSSR count). The van der Waals surface area contributed by atoms with Gasteiger partial charge in [0.1, 0.15) is 0 Å². The molecular formula is C16H18BrNS. The Kier molecular flexibility index (Phi) is 4.06. The molecule has 0 amide bonds. The van der Waals surface area contributed by atoms with E-state index < -0.39 is 0 Å². The second kappa shape index (κ2) is 5.78. The monoisotopic (exact) mass is 335 g/mol. The van der Waals surface area contributed by atoms with Crippen LogP contribution in [-0.4, -0.2) is 0 Å². The van der Waals surface area contributed by atoms with Crippen molar-refractivity contribution in [1.29, 1.82) is 0 Å². The van der Waals surface area contributed by atoms with E-state index in [0.29, 0.717) is 6.04 Å². The van der Waals surface area contributed by atoms with E-state index in [1.165, 1.54) is 34.2 Å². The van der Waals surface area contributed by atoms with Crippen molar-refractivity contribution in [3.05, 3.63) is 55.7 Å². The Hall–Kier alpha value is -0.640. The summed E-state index contributed by atoms with van der Waals surface area (Å²) in [6.45, 7) is 3.20. The van der Waals surface area contributed by atoms with Gasteiger partial charge in [0, 0.05) is 26.8 Å². The minimum absolute atomic E-state index is 0.368. The molecule has 0 radical (unpaired) electrons. The first-order chi connectivity index (χ1) is 9.24. The van der Waals surface area contributed by atoms with Crippen LogP contribution >= 0.6 is 27.3 Å². The van der Waals surface area contributed by atoms with Crippen LogP contribution in [0, 0.1) is 0 Å². The Labute approximate surface area is 127 Å². The maximum atomic E-state index is 3.63. The zero-order chi connectivity index (χ0) is 13.2. The van der Waals surface area contributed by atoms with Crippen molar-refractivity contribution in [3.8, 4) is 0 Å². The minimum Gasteiger partial charge on any atom is -0.305 e. The lowest BCUT2D eigenvalue weighted by Crippen LogP contribution is -2.17. The van der Waals surface area contributed by atoms with Gasteiger partial charge in [-0.15, -0.1) is 11.3 Å². The number of fused-ring (bicyclic) bond motifs is 1. The first-order valence-electron chi connectivity index (χ1n) is 6.82. The summed E-state index contributed by atoms with van der Waals surface area (Å²) in [6, 6.07) is 11.2. The van der Waals surface area contributed by atoms with Crippen LogP contribution in [0.1, 0.15) is 40.3 Å². The molecule has 0 aliphatic heterocycles. The van der Waals surface area contributed by atoms with Gasteiger partial charge in [-0.25, -0.2) is 0 Å².